The maximum atomic E-state index is 13.8. The van der Waals surface area contributed by atoms with Crippen LogP contribution < -0.4 is 5.32 Å². The normalized spacial score (nSPS) is 20.0. The van der Waals surface area contributed by atoms with Gasteiger partial charge in [-0.25, -0.2) is 14.2 Å². The second-order valence-electron chi connectivity index (χ2n) is 7.73. The van der Waals surface area contributed by atoms with Crippen LogP contribution in [0.2, 0.25) is 0 Å². The van der Waals surface area contributed by atoms with Crippen LogP contribution >= 0.6 is 11.3 Å². The summed E-state index contributed by atoms with van der Waals surface area (Å²) in [5.74, 6) is 0.240. The van der Waals surface area contributed by atoms with Crippen LogP contribution in [0.1, 0.15) is 61.2 Å². The van der Waals surface area contributed by atoms with Crippen molar-refractivity contribution in [2.24, 2.45) is 10.9 Å². The fourth-order valence-corrected chi connectivity index (χ4v) is 4.92. The molecule has 0 spiro atoms. The Morgan fingerprint density at radius 2 is 2.10 bits per heavy atom. The number of carbonyl (C=O) groups is 1. The zero-order valence-corrected chi connectivity index (χ0v) is 18.1. The topological polar surface area (TPSA) is 63.6 Å². The summed E-state index contributed by atoms with van der Waals surface area (Å²) in [5, 5.41) is 6.13. The van der Waals surface area contributed by atoms with Crippen molar-refractivity contribution in [3.05, 3.63) is 63.0 Å². The van der Waals surface area contributed by atoms with E-state index in [1.54, 1.807) is 19.2 Å². The number of halogens is 1. The Balaban J connectivity index is 1.87. The minimum atomic E-state index is -0.554. The summed E-state index contributed by atoms with van der Waals surface area (Å²) in [6.45, 7) is 3.94. The van der Waals surface area contributed by atoms with E-state index >= 15 is 0 Å². The zero-order chi connectivity index (χ0) is 21.1. The van der Waals surface area contributed by atoms with E-state index in [4.69, 9.17) is 9.73 Å². The molecule has 7 heteroatoms. The maximum Gasteiger partial charge on any atom is 0.338 e. The number of esters is 1. The molecule has 4 rings (SSSR count). The van der Waals surface area contributed by atoms with Gasteiger partial charge in [0.05, 0.1) is 12.2 Å². The Kier molecular flexibility index (Phi) is 6.27. The lowest BCUT2D eigenvalue weighted by atomic mass is 9.82. The number of ether oxygens (including phenoxy) is 1. The van der Waals surface area contributed by atoms with Gasteiger partial charge in [-0.05, 0) is 55.9 Å². The number of rotatable bonds is 5. The Morgan fingerprint density at radius 3 is 2.77 bits per heavy atom. The highest BCUT2D eigenvalue weighted by Crippen LogP contribution is 2.40. The molecule has 5 nitrogen and oxygen atoms in total. The highest BCUT2D eigenvalue weighted by atomic mass is 32.1. The molecule has 1 atom stereocenters. The van der Waals surface area contributed by atoms with Gasteiger partial charge in [-0.1, -0.05) is 25.3 Å². The molecular weight excluding hydrogens is 401 g/mol. The van der Waals surface area contributed by atoms with Crippen molar-refractivity contribution >= 4 is 23.1 Å². The van der Waals surface area contributed by atoms with E-state index in [2.05, 4.69) is 10.3 Å². The molecule has 1 fully saturated rings. The molecule has 2 heterocycles. The maximum absolute atomic E-state index is 13.8. The third-order valence-corrected chi connectivity index (χ3v) is 6.52. The zero-order valence-electron chi connectivity index (χ0n) is 17.3. The molecule has 0 amide bonds. The van der Waals surface area contributed by atoms with Gasteiger partial charge in [0.2, 0.25) is 0 Å². The average Bonchev–Trinajstić information content (AvgIpc) is 3.29. The average molecular weight is 428 g/mol. The minimum absolute atomic E-state index is 0.242. The number of amidine groups is 1. The summed E-state index contributed by atoms with van der Waals surface area (Å²) in [6.07, 6.45) is 7.27. The molecule has 1 aromatic heterocycles. The van der Waals surface area contributed by atoms with E-state index in [0.717, 1.165) is 47.5 Å². The Bertz CT molecular complexity index is 978. The van der Waals surface area contributed by atoms with Crippen LogP contribution in [0.25, 0.3) is 0 Å². The van der Waals surface area contributed by atoms with Gasteiger partial charge < -0.3 is 10.1 Å². The van der Waals surface area contributed by atoms with Crippen molar-refractivity contribution < 1.29 is 13.9 Å². The smallest absolute Gasteiger partial charge is 0.338 e. The third kappa shape index (κ3) is 4.17. The fraction of sp³-hybridized carbons (Fsp3) is 0.435. The number of allylic oxidation sites excluding steroid dienone is 1. The highest BCUT2D eigenvalue weighted by Gasteiger charge is 2.36. The van der Waals surface area contributed by atoms with Crippen LogP contribution in [-0.2, 0) is 9.53 Å². The first-order valence-electron chi connectivity index (χ1n) is 10.5. The molecule has 1 aromatic carbocycles. The van der Waals surface area contributed by atoms with Gasteiger partial charge in [0.15, 0.2) is 10.8 Å². The predicted octanol–water partition coefficient (Wildman–Crippen LogP) is 5.08. The number of aryl methyl sites for hydroxylation is 1. The van der Waals surface area contributed by atoms with Crippen LogP contribution in [0.15, 0.2) is 46.0 Å². The van der Waals surface area contributed by atoms with Gasteiger partial charge >= 0.3 is 5.97 Å². The SMILES string of the molecule is CCOC(=O)C1=C(C2CCCCC2)NC(c2nccs2)=NC1c1ccc(F)cc1C. The molecule has 0 bridgehead atoms. The van der Waals surface area contributed by atoms with Crippen LogP contribution in [0, 0.1) is 18.7 Å². The van der Waals surface area contributed by atoms with Gasteiger partial charge in [-0.15, -0.1) is 11.3 Å². The molecule has 1 saturated carbocycles. The second kappa shape index (κ2) is 9.08. The monoisotopic (exact) mass is 427 g/mol. The van der Waals surface area contributed by atoms with Crippen molar-refractivity contribution in [1.82, 2.24) is 10.3 Å². The number of hydrogen-bond donors (Lipinski definition) is 1. The Hall–Kier alpha value is -2.54. The predicted molar refractivity (Wildman–Crippen MR) is 116 cm³/mol. The number of nitrogens with one attached hydrogen (secondary N) is 1. The van der Waals surface area contributed by atoms with Crippen LogP contribution in [0.3, 0.4) is 0 Å². The Morgan fingerprint density at radius 1 is 1.30 bits per heavy atom. The number of thiazole rings is 1. The van der Waals surface area contributed by atoms with Gasteiger partial charge in [0.25, 0.3) is 0 Å². The molecule has 2 aliphatic rings. The van der Waals surface area contributed by atoms with Crippen molar-refractivity contribution in [1.29, 1.82) is 0 Å². The number of aromatic nitrogens is 1. The van der Waals surface area contributed by atoms with E-state index in [-0.39, 0.29) is 17.7 Å². The van der Waals surface area contributed by atoms with Gasteiger partial charge in [0.1, 0.15) is 11.9 Å². The second-order valence-corrected chi connectivity index (χ2v) is 8.62. The largest absolute Gasteiger partial charge is 0.463 e. The van der Waals surface area contributed by atoms with Crippen LogP contribution in [0.4, 0.5) is 4.39 Å². The quantitative estimate of drug-likeness (QED) is 0.676. The number of nitrogens with zero attached hydrogens (tertiary/aromatic N) is 2. The number of benzene rings is 1. The molecule has 0 radical (unpaired) electrons. The highest BCUT2D eigenvalue weighted by molar-refractivity contribution is 7.11. The molecule has 0 saturated heterocycles. The number of carbonyl (C=O) groups excluding carboxylic acids is 1. The lowest BCUT2D eigenvalue weighted by Crippen LogP contribution is -2.37. The van der Waals surface area contributed by atoms with E-state index in [1.165, 1.54) is 29.9 Å². The molecular formula is C23H26FN3O2S. The molecule has 1 unspecified atom stereocenters. The first-order chi connectivity index (χ1) is 14.6. The summed E-state index contributed by atoms with van der Waals surface area (Å²) >= 11 is 1.50. The van der Waals surface area contributed by atoms with Gasteiger partial charge in [0, 0.05) is 17.3 Å². The molecule has 30 heavy (non-hydrogen) atoms. The summed E-state index contributed by atoms with van der Waals surface area (Å²) < 4.78 is 19.2. The van der Waals surface area contributed by atoms with E-state index in [1.807, 2.05) is 12.3 Å². The number of aliphatic imine (C=N–C) groups is 1. The molecule has 1 aliphatic carbocycles. The lowest BCUT2D eigenvalue weighted by Gasteiger charge is -2.33. The number of hydrogen-bond acceptors (Lipinski definition) is 6. The molecule has 1 N–H and O–H groups in total. The lowest BCUT2D eigenvalue weighted by molar-refractivity contribution is -0.139. The summed E-state index contributed by atoms with van der Waals surface area (Å²) in [5.41, 5.74) is 3.00. The van der Waals surface area contributed by atoms with Crippen LogP contribution in [-0.4, -0.2) is 23.4 Å². The van der Waals surface area contributed by atoms with Crippen molar-refractivity contribution in [3.8, 4) is 0 Å². The first-order valence-corrected chi connectivity index (χ1v) is 11.4. The van der Waals surface area contributed by atoms with E-state index < -0.39 is 6.04 Å². The van der Waals surface area contributed by atoms with E-state index in [0.29, 0.717) is 18.0 Å². The van der Waals surface area contributed by atoms with Gasteiger partial charge in [-0.2, -0.15) is 0 Å². The van der Waals surface area contributed by atoms with E-state index in [9.17, 15) is 9.18 Å². The van der Waals surface area contributed by atoms with Crippen molar-refractivity contribution in [2.45, 2.75) is 52.0 Å². The summed E-state index contributed by atoms with van der Waals surface area (Å²) in [4.78, 5) is 22.4. The van der Waals surface area contributed by atoms with Crippen molar-refractivity contribution in [3.63, 3.8) is 0 Å². The molecule has 2 aromatic rings. The van der Waals surface area contributed by atoms with Crippen molar-refractivity contribution in [2.75, 3.05) is 6.61 Å². The van der Waals surface area contributed by atoms with Crippen LogP contribution in [0.5, 0.6) is 0 Å². The first kappa shape index (κ1) is 20.7. The summed E-state index contributed by atoms with van der Waals surface area (Å²) in [7, 11) is 0. The fourth-order valence-electron chi connectivity index (χ4n) is 4.33. The Labute approximate surface area is 180 Å². The molecule has 158 valence electrons. The third-order valence-electron chi connectivity index (χ3n) is 5.74. The summed E-state index contributed by atoms with van der Waals surface area (Å²) in [6, 6.07) is 4.08. The molecule has 1 aliphatic heterocycles. The van der Waals surface area contributed by atoms with Gasteiger partial charge in [-0.3, -0.25) is 4.99 Å². The minimum Gasteiger partial charge on any atom is -0.463 e. The standard InChI is InChI=1S/C23H26FN3O2S/c1-3-29-23(28)18-19(15-7-5-4-6-8-15)26-21(22-25-11-12-30-22)27-20(18)17-10-9-16(24)13-14(17)2/h9-13,15,20H,3-8H2,1-2H3,(H,26,27).